The van der Waals surface area contributed by atoms with Crippen LogP contribution in [-0.2, 0) is 27.9 Å². The Balaban J connectivity index is 1.80. The molecule has 1 aliphatic heterocycles. The number of fused-ring (bicyclic) bond motifs is 1. The number of hydrogen-bond acceptors (Lipinski definition) is 6. The third-order valence-corrected chi connectivity index (χ3v) is 7.15. The SMILES string of the molecule is C=CCN(CC(=O)N(Cc1ccc2c(c1)OCO2)Cc1cccs1)S(=O)(=O)CC. The van der Waals surface area contributed by atoms with E-state index in [4.69, 9.17) is 9.47 Å². The molecule has 3 rings (SSSR count). The number of sulfonamides is 1. The first-order valence-corrected chi connectivity index (χ1v) is 11.7. The highest BCUT2D eigenvalue weighted by atomic mass is 32.2. The molecule has 0 bridgehead atoms. The molecule has 2 heterocycles. The third kappa shape index (κ3) is 5.37. The highest BCUT2D eigenvalue weighted by molar-refractivity contribution is 7.89. The van der Waals surface area contributed by atoms with E-state index in [0.29, 0.717) is 24.6 Å². The van der Waals surface area contributed by atoms with E-state index >= 15 is 0 Å². The lowest BCUT2D eigenvalue weighted by atomic mass is 10.2. The predicted molar refractivity (Wildman–Crippen MR) is 112 cm³/mol. The fourth-order valence-corrected chi connectivity index (χ4v) is 4.66. The highest BCUT2D eigenvalue weighted by Crippen LogP contribution is 2.33. The smallest absolute Gasteiger partial charge is 0.238 e. The summed E-state index contributed by atoms with van der Waals surface area (Å²) in [6.07, 6.45) is 1.49. The molecule has 0 saturated carbocycles. The minimum absolute atomic E-state index is 0.0682. The Morgan fingerprint density at radius 1 is 1.24 bits per heavy atom. The number of carbonyl (C=O) groups excluding carboxylic acids is 1. The predicted octanol–water partition coefficient (Wildman–Crippen LogP) is 2.84. The Morgan fingerprint density at radius 3 is 2.72 bits per heavy atom. The number of thiophene rings is 1. The number of amides is 1. The summed E-state index contributed by atoms with van der Waals surface area (Å²) in [7, 11) is -3.51. The van der Waals surface area contributed by atoms with Crippen molar-refractivity contribution in [3.63, 3.8) is 0 Å². The van der Waals surface area contributed by atoms with Crippen molar-refractivity contribution in [2.75, 3.05) is 25.6 Å². The zero-order valence-electron chi connectivity index (χ0n) is 16.2. The van der Waals surface area contributed by atoms with Gasteiger partial charge in [0.1, 0.15) is 0 Å². The van der Waals surface area contributed by atoms with Crippen LogP contribution in [0.15, 0.2) is 48.4 Å². The summed E-state index contributed by atoms with van der Waals surface area (Å²) in [6.45, 7) is 5.96. The Labute approximate surface area is 175 Å². The number of ether oxygens (including phenoxy) is 2. The first kappa shape index (κ1) is 21.4. The number of nitrogens with zero attached hydrogens (tertiary/aromatic N) is 2. The quantitative estimate of drug-likeness (QED) is 0.536. The van der Waals surface area contributed by atoms with Crippen LogP contribution in [0.1, 0.15) is 17.4 Å². The number of rotatable bonds is 10. The van der Waals surface area contributed by atoms with Crippen LogP contribution in [0.25, 0.3) is 0 Å². The van der Waals surface area contributed by atoms with Gasteiger partial charge in [0.25, 0.3) is 0 Å². The van der Waals surface area contributed by atoms with Crippen molar-refractivity contribution in [1.82, 2.24) is 9.21 Å². The first-order chi connectivity index (χ1) is 13.9. The van der Waals surface area contributed by atoms with Gasteiger partial charge in [-0.05, 0) is 36.1 Å². The molecule has 1 amide bonds. The standard InChI is InChI=1S/C20H24N2O5S2/c1-3-9-22(29(24,25)4-2)14-20(23)21(13-17-6-5-10-28-17)12-16-7-8-18-19(11-16)27-15-26-18/h3,5-8,10-11H,1,4,9,12-15H2,2H3. The Kier molecular flexibility index (Phi) is 6.94. The molecule has 0 saturated heterocycles. The van der Waals surface area contributed by atoms with Crippen molar-refractivity contribution in [3.8, 4) is 11.5 Å². The van der Waals surface area contributed by atoms with Gasteiger partial charge in [-0.3, -0.25) is 4.79 Å². The normalized spacial score (nSPS) is 12.9. The summed E-state index contributed by atoms with van der Waals surface area (Å²) in [4.78, 5) is 15.8. The Bertz CT molecular complexity index is 957. The third-order valence-electron chi connectivity index (χ3n) is 4.49. The summed E-state index contributed by atoms with van der Waals surface area (Å²) in [5.41, 5.74) is 0.882. The van der Waals surface area contributed by atoms with Crippen LogP contribution < -0.4 is 9.47 Å². The monoisotopic (exact) mass is 436 g/mol. The lowest BCUT2D eigenvalue weighted by molar-refractivity contribution is -0.132. The van der Waals surface area contributed by atoms with E-state index in [9.17, 15) is 13.2 Å². The number of hydrogen-bond donors (Lipinski definition) is 0. The van der Waals surface area contributed by atoms with E-state index in [0.717, 1.165) is 10.4 Å². The van der Waals surface area contributed by atoms with E-state index in [1.807, 2.05) is 35.7 Å². The van der Waals surface area contributed by atoms with Gasteiger partial charge < -0.3 is 14.4 Å². The van der Waals surface area contributed by atoms with Crippen molar-refractivity contribution in [2.24, 2.45) is 0 Å². The molecule has 0 aliphatic carbocycles. The van der Waals surface area contributed by atoms with E-state index < -0.39 is 10.0 Å². The number of carbonyl (C=O) groups is 1. The van der Waals surface area contributed by atoms with Crippen LogP contribution in [0.2, 0.25) is 0 Å². The lowest BCUT2D eigenvalue weighted by Gasteiger charge is -2.26. The van der Waals surface area contributed by atoms with Gasteiger partial charge in [-0.25, -0.2) is 8.42 Å². The molecule has 9 heteroatoms. The van der Waals surface area contributed by atoms with Crippen molar-refractivity contribution < 1.29 is 22.7 Å². The summed E-state index contributed by atoms with van der Waals surface area (Å²) in [6, 6.07) is 9.43. The molecule has 0 radical (unpaired) electrons. The largest absolute Gasteiger partial charge is 0.454 e. The molecule has 0 atom stereocenters. The van der Waals surface area contributed by atoms with Gasteiger partial charge in [0.2, 0.25) is 22.7 Å². The van der Waals surface area contributed by atoms with Crippen LogP contribution in [0.3, 0.4) is 0 Å². The average Bonchev–Trinajstić information content (AvgIpc) is 3.38. The molecule has 1 aromatic carbocycles. The Morgan fingerprint density at radius 2 is 2.03 bits per heavy atom. The van der Waals surface area contributed by atoms with E-state index in [1.54, 1.807) is 23.2 Å². The fraction of sp³-hybridized carbons (Fsp3) is 0.350. The van der Waals surface area contributed by atoms with E-state index in [1.165, 1.54) is 10.4 Å². The van der Waals surface area contributed by atoms with Crippen molar-refractivity contribution in [2.45, 2.75) is 20.0 Å². The first-order valence-electron chi connectivity index (χ1n) is 9.20. The minimum Gasteiger partial charge on any atom is -0.454 e. The molecule has 0 N–H and O–H groups in total. The molecule has 1 aromatic heterocycles. The van der Waals surface area contributed by atoms with Gasteiger partial charge in [0.15, 0.2) is 11.5 Å². The second-order valence-electron chi connectivity index (χ2n) is 6.50. The summed E-state index contributed by atoms with van der Waals surface area (Å²) in [5, 5.41) is 1.95. The summed E-state index contributed by atoms with van der Waals surface area (Å²) < 4.78 is 36.6. The maximum absolute atomic E-state index is 13.1. The fourth-order valence-electron chi connectivity index (χ4n) is 2.94. The zero-order valence-corrected chi connectivity index (χ0v) is 17.9. The van der Waals surface area contributed by atoms with Crippen LogP contribution in [0.4, 0.5) is 0 Å². The average molecular weight is 437 g/mol. The molecule has 0 spiro atoms. The molecule has 0 fully saturated rings. The Hall–Kier alpha value is -2.36. The van der Waals surface area contributed by atoms with Crippen LogP contribution >= 0.6 is 11.3 Å². The molecule has 156 valence electrons. The van der Waals surface area contributed by atoms with Gasteiger partial charge in [-0.1, -0.05) is 18.2 Å². The van der Waals surface area contributed by atoms with Crippen LogP contribution in [0.5, 0.6) is 11.5 Å². The molecule has 2 aromatic rings. The highest BCUT2D eigenvalue weighted by Gasteiger charge is 2.25. The molecule has 0 unspecified atom stereocenters. The molecular weight excluding hydrogens is 412 g/mol. The van der Waals surface area contributed by atoms with Gasteiger partial charge >= 0.3 is 0 Å². The lowest BCUT2D eigenvalue weighted by Crippen LogP contribution is -2.43. The zero-order chi connectivity index (χ0) is 20.9. The van der Waals surface area contributed by atoms with Crippen LogP contribution in [0, 0.1) is 0 Å². The second-order valence-corrected chi connectivity index (χ2v) is 9.79. The van der Waals surface area contributed by atoms with Crippen molar-refractivity contribution >= 4 is 27.3 Å². The van der Waals surface area contributed by atoms with Gasteiger partial charge in [0.05, 0.1) is 18.8 Å². The van der Waals surface area contributed by atoms with Crippen molar-refractivity contribution in [3.05, 3.63) is 58.8 Å². The van der Waals surface area contributed by atoms with Gasteiger partial charge in [-0.2, -0.15) is 4.31 Å². The van der Waals surface area contributed by atoms with E-state index in [2.05, 4.69) is 6.58 Å². The summed E-state index contributed by atoms with van der Waals surface area (Å²) >= 11 is 1.55. The van der Waals surface area contributed by atoms with Gasteiger partial charge in [0, 0.05) is 18.0 Å². The second kappa shape index (κ2) is 9.43. The van der Waals surface area contributed by atoms with Gasteiger partial charge in [-0.15, -0.1) is 17.9 Å². The maximum Gasteiger partial charge on any atom is 0.238 e. The van der Waals surface area contributed by atoms with Crippen molar-refractivity contribution in [1.29, 1.82) is 0 Å². The maximum atomic E-state index is 13.1. The number of benzene rings is 1. The molecular formula is C20H24N2O5S2. The topological polar surface area (TPSA) is 76.2 Å². The molecule has 29 heavy (non-hydrogen) atoms. The molecule has 1 aliphatic rings. The van der Waals surface area contributed by atoms with Crippen LogP contribution in [-0.4, -0.2) is 49.2 Å². The minimum atomic E-state index is -3.51. The molecule has 7 nitrogen and oxygen atoms in total. The summed E-state index contributed by atoms with van der Waals surface area (Å²) in [5.74, 6) is 0.986. The van der Waals surface area contributed by atoms with E-state index in [-0.39, 0.29) is 31.5 Å².